The van der Waals surface area contributed by atoms with Crippen LogP contribution in [0, 0.1) is 30.9 Å². The van der Waals surface area contributed by atoms with Crippen LogP contribution < -0.4 is 10.1 Å². The molecular weight excluding hydrogens is 418 g/mol. The van der Waals surface area contributed by atoms with Crippen molar-refractivity contribution in [3.05, 3.63) is 80.7 Å². The minimum absolute atomic E-state index is 0.114. The van der Waals surface area contributed by atoms with Crippen LogP contribution in [0.2, 0.25) is 0 Å². The first kappa shape index (κ1) is 22.5. The Morgan fingerprint density at radius 1 is 1.12 bits per heavy atom. The molecule has 1 aromatic heterocycles. The average Bonchev–Trinajstić information content (AvgIpc) is 3.09. The number of nitro groups is 1. The summed E-state index contributed by atoms with van der Waals surface area (Å²) in [7, 11) is 0. The lowest BCUT2D eigenvalue weighted by atomic mass is 10.2. The summed E-state index contributed by atoms with van der Waals surface area (Å²) in [4.78, 5) is 34.7. The van der Waals surface area contributed by atoms with Gasteiger partial charge in [-0.05, 0) is 51.1 Å². The summed E-state index contributed by atoms with van der Waals surface area (Å²) < 4.78 is 15.8. The third kappa shape index (κ3) is 5.48. The number of hydrogen-bond donors (Lipinski definition) is 1. The third-order valence-corrected chi connectivity index (χ3v) is 4.68. The summed E-state index contributed by atoms with van der Waals surface area (Å²) in [6, 6.07) is 10.6. The molecule has 0 atom stereocenters. The van der Waals surface area contributed by atoms with E-state index in [4.69, 9.17) is 14.0 Å². The number of carbonyl (C=O) groups excluding carboxylic acids is 2. The molecule has 1 heterocycles. The molecule has 0 bridgehead atoms. The zero-order valence-corrected chi connectivity index (χ0v) is 17.7. The Kier molecular flexibility index (Phi) is 6.83. The molecule has 0 aliphatic rings. The van der Waals surface area contributed by atoms with Gasteiger partial charge in [-0.25, -0.2) is 4.79 Å². The average molecular weight is 439 g/mol. The van der Waals surface area contributed by atoms with Gasteiger partial charge in [0, 0.05) is 17.3 Å². The number of aromatic nitrogens is 1. The van der Waals surface area contributed by atoms with Gasteiger partial charge in [-0.2, -0.15) is 0 Å². The monoisotopic (exact) mass is 439 g/mol. The van der Waals surface area contributed by atoms with Gasteiger partial charge in [-0.15, -0.1) is 0 Å². The number of hydrogen-bond acceptors (Lipinski definition) is 8. The number of aryl methyl sites for hydroxylation is 3. The molecule has 32 heavy (non-hydrogen) atoms. The van der Waals surface area contributed by atoms with Crippen LogP contribution in [-0.4, -0.2) is 28.6 Å². The molecule has 0 fully saturated rings. The van der Waals surface area contributed by atoms with Crippen molar-refractivity contribution >= 4 is 23.3 Å². The first-order chi connectivity index (χ1) is 15.2. The number of amides is 1. The Morgan fingerprint density at radius 3 is 2.47 bits per heavy atom. The maximum atomic E-state index is 12.2. The van der Waals surface area contributed by atoms with Crippen LogP contribution in [-0.2, 0) is 16.1 Å². The highest BCUT2D eigenvalue weighted by molar-refractivity contribution is 5.95. The van der Waals surface area contributed by atoms with E-state index in [0.29, 0.717) is 17.1 Å². The number of nitro benzene ring substituents is 1. The van der Waals surface area contributed by atoms with E-state index in [1.54, 1.807) is 26.0 Å². The first-order valence-corrected chi connectivity index (χ1v) is 9.61. The van der Waals surface area contributed by atoms with Gasteiger partial charge in [-0.3, -0.25) is 14.9 Å². The van der Waals surface area contributed by atoms with Gasteiger partial charge < -0.3 is 19.3 Å². The van der Waals surface area contributed by atoms with Crippen molar-refractivity contribution in [3.8, 4) is 5.75 Å². The quantitative estimate of drug-likeness (QED) is 0.317. The van der Waals surface area contributed by atoms with Gasteiger partial charge in [0.05, 0.1) is 21.7 Å². The molecule has 0 aliphatic heterocycles. The standard InChI is InChI=1S/C22H21N3O7/c1-13-4-7-17(10-20(13)25(28)29)23-21(26)12-31-22(27)16-5-8-18(9-6-16)30-11-19-14(2)24-32-15(19)3/h4-10H,11-12H2,1-3H3,(H,23,26). The fourth-order valence-corrected chi connectivity index (χ4v) is 2.85. The lowest BCUT2D eigenvalue weighted by molar-refractivity contribution is -0.385. The topological polar surface area (TPSA) is 134 Å². The molecule has 3 aromatic rings. The number of rotatable bonds is 8. The third-order valence-electron chi connectivity index (χ3n) is 4.68. The zero-order chi connectivity index (χ0) is 23.3. The Labute approximate surface area is 183 Å². The van der Waals surface area contributed by atoms with E-state index in [0.717, 1.165) is 11.3 Å². The van der Waals surface area contributed by atoms with Gasteiger partial charge in [0.15, 0.2) is 6.61 Å². The van der Waals surface area contributed by atoms with E-state index in [1.165, 1.54) is 30.3 Å². The van der Waals surface area contributed by atoms with Gasteiger partial charge in [0.2, 0.25) is 0 Å². The molecule has 0 radical (unpaired) electrons. The maximum Gasteiger partial charge on any atom is 0.338 e. The number of anilines is 1. The number of nitrogens with zero attached hydrogens (tertiary/aromatic N) is 2. The molecular formula is C22H21N3O7. The summed E-state index contributed by atoms with van der Waals surface area (Å²) >= 11 is 0. The highest BCUT2D eigenvalue weighted by Crippen LogP contribution is 2.22. The molecule has 1 amide bonds. The molecule has 1 N–H and O–H groups in total. The SMILES string of the molecule is Cc1ccc(NC(=O)COC(=O)c2ccc(OCc3c(C)noc3C)cc2)cc1[N+](=O)[O-]. The molecule has 2 aromatic carbocycles. The number of esters is 1. The van der Waals surface area contributed by atoms with Gasteiger partial charge in [-0.1, -0.05) is 11.2 Å². The van der Waals surface area contributed by atoms with Crippen molar-refractivity contribution < 1.29 is 28.5 Å². The van der Waals surface area contributed by atoms with Crippen molar-refractivity contribution in [2.24, 2.45) is 0 Å². The zero-order valence-electron chi connectivity index (χ0n) is 17.7. The van der Waals surface area contributed by atoms with E-state index in [-0.39, 0.29) is 23.5 Å². The lowest BCUT2D eigenvalue weighted by Gasteiger charge is -2.08. The second-order valence-electron chi connectivity index (χ2n) is 7.00. The number of ether oxygens (including phenoxy) is 2. The summed E-state index contributed by atoms with van der Waals surface area (Å²) in [5.41, 5.74) is 2.45. The predicted molar refractivity (Wildman–Crippen MR) is 113 cm³/mol. The molecule has 10 nitrogen and oxygen atoms in total. The predicted octanol–water partition coefficient (Wildman–Crippen LogP) is 3.88. The summed E-state index contributed by atoms with van der Waals surface area (Å²) in [6.07, 6.45) is 0. The van der Waals surface area contributed by atoms with E-state index in [2.05, 4.69) is 10.5 Å². The Morgan fingerprint density at radius 2 is 1.84 bits per heavy atom. The first-order valence-electron chi connectivity index (χ1n) is 9.61. The van der Waals surface area contributed by atoms with Crippen molar-refractivity contribution in [3.63, 3.8) is 0 Å². The summed E-state index contributed by atoms with van der Waals surface area (Å²) in [5, 5.41) is 17.3. The van der Waals surface area contributed by atoms with Crippen molar-refractivity contribution in [2.75, 3.05) is 11.9 Å². The van der Waals surface area contributed by atoms with Gasteiger partial charge in [0.25, 0.3) is 11.6 Å². The van der Waals surface area contributed by atoms with Crippen molar-refractivity contribution in [2.45, 2.75) is 27.4 Å². The summed E-state index contributed by atoms with van der Waals surface area (Å²) in [6.45, 7) is 4.96. The second kappa shape index (κ2) is 9.73. The number of nitrogens with one attached hydrogen (secondary N) is 1. The number of carbonyl (C=O) groups is 2. The normalized spacial score (nSPS) is 10.5. The molecule has 0 saturated heterocycles. The van der Waals surface area contributed by atoms with Crippen LogP contribution in [0.5, 0.6) is 5.75 Å². The van der Waals surface area contributed by atoms with Gasteiger partial charge >= 0.3 is 5.97 Å². The van der Waals surface area contributed by atoms with Gasteiger partial charge in [0.1, 0.15) is 18.1 Å². The molecule has 3 rings (SSSR count). The smallest absolute Gasteiger partial charge is 0.338 e. The van der Waals surface area contributed by atoms with Crippen molar-refractivity contribution in [1.82, 2.24) is 5.16 Å². The van der Waals surface area contributed by atoms with Crippen LogP contribution in [0.1, 0.15) is 32.9 Å². The fraction of sp³-hybridized carbons (Fsp3) is 0.227. The van der Waals surface area contributed by atoms with Crippen LogP contribution in [0.15, 0.2) is 47.0 Å². The summed E-state index contributed by atoms with van der Waals surface area (Å²) in [5.74, 6) is -0.0790. The minimum atomic E-state index is -0.688. The minimum Gasteiger partial charge on any atom is -0.489 e. The molecule has 0 unspecified atom stereocenters. The Balaban J connectivity index is 1.51. The molecule has 10 heteroatoms. The van der Waals surface area contributed by atoms with E-state index < -0.39 is 23.4 Å². The highest BCUT2D eigenvalue weighted by atomic mass is 16.6. The van der Waals surface area contributed by atoms with Crippen LogP contribution in [0.4, 0.5) is 11.4 Å². The molecule has 166 valence electrons. The van der Waals surface area contributed by atoms with E-state index >= 15 is 0 Å². The Hall–Kier alpha value is -4.21. The van der Waals surface area contributed by atoms with Crippen LogP contribution in [0.3, 0.4) is 0 Å². The number of benzene rings is 2. The second-order valence-corrected chi connectivity index (χ2v) is 7.00. The van der Waals surface area contributed by atoms with Crippen LogP contribution >= 0.6 is 0 Å². The molecule has 0 aliphatic carbocycles. The fourth-order valence-electron chi connectivity index (χ4n) is 2.85. The largest absolute Gasteiger partial charge is 0.489 e. The van der Waals surface area contributed by atoms with Crippen molar-refractivity contribution in [1.29, 1.82) is 0 Å². The Bertz CT molecular complexity index is 1130. The van der Waals surface area contributed by atoms with E-state index in [9.17, 15) is 19.7 Å². The molecule has 0 spiro atoms. The van der Waals surface area contributed by atoms with E-state index in [1.807, 2.05) is 6.92 Å². The van der Waals surface area contributed by atoms with Crippen LogP contribution in [0.25, 0.3) is 0 Å². The molecule has 0 saturated carbocycles. The maximum absolute atomic E-state index is 12.2. The highest BCUT2D eigenvalue weighted by Gasteiger charge is 2.15. The lowest BCUT2D eigenvalue weighted by Crippen LogP contribution is -2.21.